The van der Waals surface area contributed by atoms with Gasteiger partial charge in [-0.1, -0.05) is 30.7 Å². The summed E-state index contributed by atoms with van der Waals surface area (Å²) < 4.78 is 34.4. The molecule has 2 N–H and O–H groups in total. The lowest BCUT2D eigenvalue weighted by molar-refractivity contribution is 0.0388. The maximum atomic E-state index is 13.7. The van der Waals surface area contributed by atoms with Crippen molar-refractivity contribution < 1.29 is 27.9 Å². The summed E-state index contributed by atoms with van der Waals surface area (Å²) >= 11 is 0. The van der Waals surface area contributed by atoms with E-state index in [9.17, 15) is 23.1 Å². The van der Waals surface area contributed by atoms with Gasteiger partial charge in [-0.3, -0.25) is 14.6 Å². The highest BCUT2D eigenvalue weighted by atomic mass is 32.2. The zero-order valence-electron chi connectivity index (χ0n) is 22.9. The van der Waals surface area contributed by atoms with E-state index in [0.29, 0.717) is 5.56 Å². The first-order chi connectivity index (χ1) is 19.0. The molecular weight excluding hydrogens is 532 g/mol. The summed E-state index contributed by atoms with van der Waals surface area (Å²) in [5.74, 6) is -0.964. The Morgan fingerprint density at radius 1 is 1.18 bits per heavy atom. The highest BCUT2D eigenvalue weighted by Gasteiger charge is 2.36. The summed E-state index contributed by atoms with van der Waals surface area (Å²) in [6.45, 7) is 5.46. The highest BCUT2D eigenvalue weighted by molar-refractivity contribution is 7.89. The third-order valence-electron chi connectivity index (χ3n) is 7.05. The molecule has 0 fully saturated rings. The average Bonchev–Trinajstić information content (AvgIpc) is 2.95. The Bertz CT molecular complexity index is 1460. The number of rotatable bonds is 8. The average molecular weight is 567 g/mol. The number of nitrogens with one attached hydrogen (secondary N) is 1. The molecule has 3 aromatic rings. The topological polar surface area (TPSA) is 129 Å². The SMILES string of the molecule is Cc1ccc(S(=O)(=O)N(C)C[C@H]2Oc3c(NC(=O)c4ccncc4)cccc3C(=O)N([C@@H](C)CO)C[C@H]2C)cc1. The molecule has 1 aliphatic rings. The first-order valence-electron chi connectivity index (χ1n) is 13.0. The number of aliphatic hydroxyl groups is 1. The lowest BCUT2D eigenvalue weighted by atomic mass is 9.99. The van der Waals surface area contributed by atoms with E-state index in [4.69, 9.17) is 4.74 Å². The van der Waals surface area contributed by atoms with Crippen LogP contribution in [0.25, 0.3) is 0 Å². The number of aromatic nitrogens is 1. The van der Waals surface area contributed by atoms with Crippen LogP contribution in [0.4, 0.5) is 5.69 Å². The third kappa shape index (κ3) is 6.16. The molecule has 3 atom stereocenters. The monoisotopic (exact) mass is 566 g/mol. The number of nitrogens with zero attached hydrogens (tertiary/aromatic N) is 3. The van der Waals surface area contributed by atoms with Gasteiger partial charge in [-0.2, -0.15) is 4.31 Å². The molecule has 2 heterocycles. The van der Waals surface area contributed by atoms with E-state index in [-0.39, 0.29) is 53.4 Å². The summed E-state index contributed by atoms with van der Waals surface area (Å²) in [6.07, 6.45) is 2.31. The van der Waals surface area contributed by atoms with Crippen molar-refractivity contribution >= 4 is 27.5 Å². The zero-order chi connectivity index (χ0) is 29.0. The van der Waals surface area contributed by atoms with E-state index in [1.807, 2.05) is 13.8 Å². The zero-order valence-corrected chi connectivity index (χ0v) is 23.8. The molecular formula is C29H34N4O6S. The van der Waals surface area contributed by atoms with Crippen LogP contribution in [0.1, 0.15) is 40.1 Å². The van der Waals surface area contributed by atoms with Gasteiger partial charge in [0.05, 0.1) is 35.3 Å². The number of hydrogen-bond donors (Lipinski definition) is 2. The molecule has 4 rings (SSSR count). The van der Waals surface area contributed by atoms with Gasteiger partial charge >= 0.3 is 0 Å². The number of ether oxygens (including phenoxy) is 1. The number of likely N-dealkylation sites (N-methyl/N-ethyl adjacent to an activating group) is 1. The van der Waals surface area contributed by atoms with Crippen molar-refractivity contribution in [3.8, 4) is 5.75 Å². The van der Waals surface area contributed by atoms with E-state index in [2.05, 4.69) is 10.3 Å². The van der Waals surface area contributed by atoms with Gasteiger partial charge in [-0.25, -0.2) is 8.42 Å². The summed E-state index contributed by atoms with van der Waals surface area (Å²) in [4.78, 5) is 32.3. The molecule has 0 unspecified atom stereocenters. The van der Waals surface area contributed by atoms with E-state index in [1.54, 1.807) is 66.4 Å². The molecule has 0 saturated carbocycles. The molecule has 1 aliphatic heterocycles. The van der Waals surface area contributed by atoms with Gasteiger partial charge in [0.1, 0.15) is 6.10 Å². The van der Waals surface area contributed by atoms with E-state index in [1.165, 1.54) is 23.7 Å². The molecule has 11 heteroatoms. The molecule has 1 aromatic heterocycles. The molecule has 0 bridgehead atoms. The second-order valence-corrected chi connectivity index (χ2v) is 12.1. The summed E-state index contributed by atoms with van der Waals surface area (Å²) in [5, 5.41) is 12.7. The van der Waals surface area contributed by atoms with Crippen LogP contribution in [0.5, 0.6) is 5.75 Å². The molecule has 2 amide bonds. The normalized spacial score (nSPS) is 18.4. The number of anilines is 1. The number of amides is 2. The predicted octanol–water partition coefficient (Wildman–Crippen LogP) is 3.18. The van der Waals surface area contributed by atoms with Crippen LogP contribution < -0.4 is 10.1 Å². The second-order valence-electron chi connectivity index (χ2n) is 10.1. The van der Waals surface area contributed by atoms with Gasteiger partial charge in [0, 0.05) is 37.5 Å². The first-order valence-corrected chi connectivity index (χ1v) is 14.4. The summed E-state index contributed by atoms with van der Waals surface area (Å²) in [6, 6.07) is 14.1. The van der Waals surface area contributed by atoms with Gasteiger partial charge in [0.25, 0.3) is 11.8 Å². The lowest BCUT2D eigenvalue weighted by Crippen LogP contribution is -2.50. The molecule has 0 spiro atoms. The molecule has 0 aliphatic carbocycles. The largest absolute Gasteiger partial charge is 0.486 e. The maximum absolute atomic E-state index is 13.7. The lowest BCUT2D eigenvalue weighted by Gasteiger charge is -2.38. The minimum absolute atomic E-state index is 0.0149. The van der Waals surface area contributed by atoms with Crippen molar-refractivity contribution in [2.24, 2.45) is 5.92 Å². The number of carbonyl (C=O) groups is 2. The number of carbonyl (C=O) groups excluding carboxylic acids is 2. The van der Waals surface area contributed by atoms with Crippen LogP contribution in [-0.4, -0.2) is 78.4 Å². The Kier molecular flexibility index (Phi) is 8.87. The van der Waals surface area contributed by atoms with E-state index < -0.39 is 28.1 Å². The van der Waals surface area contributed by atoms with Gasteiger partial charge in [0.2, 0.25) is 10.0 Å². The number of sulfonamides is 1. The van der Waals surface area contributed by atoms with Crippen LogP contribution >= 0.6 is 0 Å². The van der Waals surface area contributed by atoms with Crippen LogP contribution in [0.2, 0.25) is 0 Å². The third-order valence-corrected chi connectivity index (χ3v) is 8.89. The van der Waals surface area contributed by atoms with Crippen molar-refractivity contribution in [2.75, 3.05) is 32.1 Å². The Morgan fingerprint density at radius 3 is 2.50 bits per heavy atom. The fourth-order valence-electron chi connectivity index (χ4n) is 4.50. The highest BCUT2D eigenvalue weighted by Crippen LogP contribution is 2.35. The molecule has 10 nitrogen and oxygen atoms in total. The molecule has 0 radical (unpaired) electrons. The van der Waals surface area contributed by atoms with Gasteiger partial charge in [-0.05, 0) is 50.2 Å². The fourth-order valence-corrected chi connectivity index (χ4v) is 5.68. The number of para-hydroxylation sites is 1. The molecule has 212 valence electrons. The number of fused-ring (bicyclic) bond motifs is 1. The summed E-state index contributed by atoms with van der Waals surface area (Å²) in [7, 11) is -2.34. The minimum atomic E-state index is -3.83. The van der Waals surface area contributed by atoms with Gasteiger partial charge in [0.15, 0.2) is 5.75 Å². The maximum Gasteiger partial charge on any atom is 0.258 e. The van der Waals surface area contributed by atoms with E-state index >= 15 is 0 Å². The molecule has 0 saturated heterocycles. The van der Waals surface area contributed by atoms with Crippen LogP contribution in [0.3, 0.4) is 0 Å². The molecule has 2 aromatic carbocycles. The predicted molar refractivity (Wildman–Crippen MR) is 151 cm³/mol. The first kappa shape index (κ1) is 29.2. The van der Waals surface area contributed by atoms with Gasteiger partial charge in [-0.15, -0.1) is 0 Å². The van der Waals surface area contributed by atoms with Crippen LogP contribution in [0, 0.1) is 12.8 Å². The fraction of sp³-hybridized carbons (Fsp3) is 0.345. The number of aryl methyl sites for hydroxylation is 1. The molecule has 40 heavy (non-hydrogen) atoms. The van der Waals surface area contributed by atoms with Crippen LogP contribution in [0.15, 0.2) is 71.9 Å². The smallest absolute Gasteiger partial charge is 0.258 e. The summed E-state index contributed by atoms with van der Waals surface area (Å²) in [5.41, 5.74) is 1.79. The van der Waals surface area contributed by atoms with Crippen molar-refractivity contribution in [1.29, 1.82) is 0 Å². The quantitative estimate of drug-likeness (QED) is 0.428. The Hall–Kier alpha value is -3.80. The number of pyridine rings is 1. The van der Waals surface area contributed by atoms with Crippen molar-refractivity contribution in [2.45, 2.75) is 37.8 Å². The Balaban J connectivity index is 1.72. The van der Waals surface area contributed by atoms with Crippen molar-refractivity contribution in [3.63, 3.8) is 0 Å². The number of hydrogen-bond acceptors (Lipinski definition) is 7. The Morgan fingerprint density at radius 2 is 1.85 bits per heavy atom. The standard InChI is InChI=1S/C29H34N4O6S/c1-19-8-10-23(11-9-19)40(37,38)32(4)17-26-20(2)16-33(21(3)18-34)29(36)24-6-5-7-25(27(24)39-26)31-28(35)22-12-14-30-15-13-22/h5-15,20-21,26,34H,16-18H2,1-4H3,(H,31,35)/t20-,21+,26-/m1/s1. The second kappa shape index (κ2) is 12.2. The van der Waals surface area contributed by atoms with E-state index in [0.717, 1.165) is 5.56 Å². The number of benzene rings is 2. The number of aliphatic hydroxyl groups excluding tert-OH is 1. The minimum Gasteiger partial charge on any atom is -0.486 e. The van der Waals surface area contributed by atoms with Gasteiger partial charge < -0.3 is 20.1 Å². The Labute approximate surface area is 234 Å². The van der Waals surface area contributed by atoms with Crippen molar-refractivity contribution in [3.05, 3.63) is 83.7 Å². The van der Waals surface area contributed by atoms with Crippen molar-refractivity contribution in [1.82, 2.24) is 14.2 Å². The van der Waals surface area contributed by atoms with Crippen LogP contribution in [-0.2, 0) is 10.0 Å².